The Balaban J connectivity index is 1.75. The molecule has 3 rings (SSSR count). The summed E-state index contributed by atoms with van der Waals surface area (Å²) in [5, 5.41) is 0.830. The van der Waals surface area contributed by atoms with Gasteiger partial charge >= 0.3 is 0 Å². The number of carbonyl (C=O) groups is 1. The van der Waals surface area contributed by atoms with Gasteiger partial charge in [0.2, 0.25) is 0 Å². The topological polar surface area (TPSA) is 67.9 Å². The highest BCUT2D eigenvalue weighted by Gasteiger charge is 2.28. The summed E-state index contributed by atoms with van der Waals surface area (Å²) in [5.74, 6) is 0.852. The van der Waals surface area contributed by atoms with Gasteiger partial charge in [-0.3, -0.25) is 4.79 Å². The molecule has 0 amide bonds. The van der Waals surface area contributed by atoms with Crippen molar-refractivity contribution >= 4 is 16.8 Å². The van der Waals surface area contributed by atoms with Gasteiger partial charge in [-0.25, -0.2) is 9.97 Å². The van der Waals surface area contributed by atoms with Gasteiger partial charge in [0.05, 0.1) is 0 Å². The van der Waals surface area contributed by atoms with Gasteiger partial charge in [-0.15, -0.1) is 0 Å². The predicted octanol–water partition coefficient (Wildman–Crippen LogP) is 2.59. The van der Waals surface area contributed by atoms with E-state index >= 15 is 0 Å². The van der Waals surface area contributed by atoms with E-state index in [9.17, 15) is 4.79 Å². The molecule has 2 heterocycles. The third-order valence-electron chi connectivity index (χ3n) is 4.21. The van der Waals surface area contributed by atoms with Crippen LogP contribution >= 0.6 is 0 Å². The summed E-state index contributed by atoms with van der Waals surface area (Å²) in [5.41, 5.74) is 1.29. The van der Waals surface area contributed by atoms with Gasteiger partial charge in [0.25, 0.3) is 0 Å². The summed E-state index contributed by atoms with van der Waals surface area (Å²) in [4.78, 5) is 24.0. The van der Waals surface area contributed by atoms with E-state index in [4.69, 9.17) is 4.74 Å². The van der Waals surface area contributed by atoms with Crippen molar-refractivity contribution in [1.82, 2.24) is 15.0 Å². The van der Waals surface area contributed by atoms with Crippen LogP contribution in [0.1, 0.15) is 36.2 Å². The molecule has 0 aromatic carbocycles. The third kappa shape index (κ3) is 2.45. The number of nitrogens with one attached hydrogen (secondary N) is 1. The molecule has 106 valence electrons. The highest BCUT2D eigenvalue weighted by atomic mass is 16.5. The highest BCUT2D eigenvalue weighted by Crippen LogP contribution is 2.31. The monoisotopic (exact) mass is 273 g/mol. The molecule has 2 aromatic rings. The van der Waals surface area contributed by atoms with Gasteiger partial charge in [-0.1, -0.05) is 0 Å². The first kappa shape index (κ1) is 13.2. The van der Waals surface area contributed by atoms with Crippen LogP contribution in [0.15, 0.2) is 18.6 Å². The molecule has 0 atom stereocenters. The largest absolute Gasteiger partial charge is 0.384 e. The van der Waals surface area contributed by atoms with Crippen LogP contribution in [0.25, 0.3) is 11.0 Å². The fraction of sp³-hybridized carbons (Fsp3) is 0.533. The van der Waals surface area contributed by atoms with Gasteiger partial charge in [-0.05, 0) is 37.7 Å². The molecule has 0 unspecified atom stereocenters. The number of carbonyl (C=O) groups excluding carboxylic acids is 1. The van der Waals surface area contributed by atoms with Gasteiger partial charge in [0.15, 0.2) is 5.78 Å². The van der Waals surface area contributed by atoms with Crippen molar-refractivity contribution in [1.29, 1.82) is 0 Å². The molecule has 1 fully saturated rings. The second-order valence-electron chi connectivity index (χ2n) is 5.50. The van der Waals surface area contributed by atoms with E-state index in [1.54, 1.807) is 13.3 Å². The average Bonchev–Trinajstić information content (AvgIpc) is 2.96. The minimum absolute atomic E-state index is 0.0936. The molecule has 1 saturated carbocycles. The molecule has 1 aliphatic carbocycles. The van der Waals surface area contributed by atoms with Crippen LogP contribution in [-0.2, 0) is 4.74 Å². The SMILES string of the molecule is COC[C@H]1CC[C@H](C(=O)c2ncnc3[nH]ccc23)CC1. The summed E-state index contributed by atoms with van der Waals surface area (Å²) >= 11 is 0. The molecule has 1 N–H and O–H groups in total. The van der Waals surface area contributed by atoms with Crippen molar-refractivity contribution in [3.63, 3.8) is 0 Å². The maximum atomic E-state index is 12.6. The van der Waals surface area contributed by atoms with Crippen molar-refractivity contribution < 1.29 is 9.53 Å². The van der Waals surface area contributed by atoms with Crippen molar-refractivity contribution in [3.8, 4) is 0 Å². The van der Waals surface area contributed by atoms with Gasteiger partial charge in [0, 0.05) is 31.2 Å². The van der Waals surface area contributed by atoms with Crippen LogP contribution in [0.3, 0.4) is 0 Å². The maximum Gasteiger partial charge on any atom is 0.185 e. The van der Waals surface area contributed by atoms with Gasteiger partial charge < -0.3 is 9.72 Å². The lowest BCUT2D eigenvalue weighted by Crippen LogP contribution is -2.24. The third-order valence-corrected chi connectivity index (χ3v) is 4.21. The Morgan fingerprint density at radius 2 is 2.15 bits per heavy atom. The standard InChI is InChI=1S/C15H19N3O2/c1-20-8-10-2-4-11(5-3-10)14(19)13-12-6-7-16-15(12)18-9-17-13/h6-7,9-11H,2-5,8H2,1H3,(H,16,17,18)/t10-,11-. The van der Waals surface area contributed by atoms with Crippen LogP contribution in [0, 0.1) is 11.8 Å². The molecule has 0 radical (unpaired) electrons. The highest BCUT2D eigenvalue weighted by molar-refractivity contribution is 6.05. The normalized spacial score (nSPS) is 23.1. The lowest BCUT2D eigenvalue weighted by Gasteiger charge is -2.26. The number of methoxy groups -OCH3 is 1. The summed E-state index contributed by atoms with van der Waals surface area (Å²) in [7, 11) is 1.74. The van der Waals surface area contributed by atoms with Crippen LogP contribution in [0.5, 0.6) is 0 Å². The van der Waals surface area contributed by atoms with E-state index < -0.39 is 0 Å². The Labute approximate surface area is 117 Å². The van der Waals surface area contributed by atoms with E-state index in [1.165, 1.54) is 6.33 Å². The molecule has 0 saturated heterocycles. The molecule has 5 nitrogen and oxygen atoms in total. The van der Waals surface area contributed by atoms with E-state index in [0.717, 1.165) is 43.3 Å². The minimum Gasteiger partial charge on any atom is -0.384 e. The summed E-state index contributed by atoms with van der Waals surface area (Å²) < 4.78 is 5.20. The van der Waals surface area contributed by atoms with Crippen molar-refractivity contribution in [2.45, 2.75) is 25.7 Å². The van der Waals surface area contributed by atoms with Gasteiger partial charge in [-0.2, -0.15) is 0 Å². The Hall–Kier alpha value is -1.75. The number of Topliss-reactive ketones (excluding diaryl/α,β-unsaturated/α-hetero) is 1. The van der Waals surface area contributed by atoms with E-state index in [2.05, 4.69) is 15.0 Å². The molecular formula is C15H19N3O2. The zero-order chi connectivity index (χ0) is 13.9. The van der Waals surface area contributed by atoms with E-state index in [0.29, 0.717) is 11.6 Å². The van der Waals surface area contributed by atoms with Crippen LogP contribution in [0.4, 0.5) is 0 Å². The van der Waals surface area contributed by atoms with Crippen LogP contribution in [0.2, 0.25) is 0 Å². The van der Waals surface area contributed by atoms with Crippen molar-refractivity contribution in [2.24, 2.45) is 11.8 Å². The van der Waals surface area contributed by atoms with Crippen LogP contribution in [-0.4, -0.2) is 34.5 Å². The number of nitrogens with zero attached hydrogens (tertiary/aromatic N) is 2. The number of aromatic amines is 1. The number of ketones is 1. The molecular weight excluding hydrogens is 254 g/mol. The molecule has 5 heteroatoms. The van der Waals surface area contributed by atoms with E-state index in [1.807, 2.05) is 6.07 Å². The molecule has 0 bridgehead atoms. The van der Waals surface area contributed by atoms with Gasteiger partial charge in [0.1, 0.15) is 17.7 Å². The Bertz CT molecular complexity index is 600. The number of hydrogen-bond acceptors (Lipinski definition) is 4. The Morgan fingerprint density at radius 3 is 2.90 bits per heavy atom. The average molecular weight is 273 g/mol. The fourth-order valence-electron chi connectivity index (χ4n) is 3.09. The summed E-state index contributed by atoms with van der Waals surface area (Å²) in [6, 6.07) is 1.87. The second-order valence-corrected chi connectivity index (χ2v) is 5.50. The number of fused-ring (bicyclic) bond motifs is 1. The number of H-pyrrole nitrogens is 1. The number of ether oxygens (including phenoxy) is 1. The number of aromatic nitrogens is 3. The predicted molar refractivity (Wildman–Crippen MR) is 75.5 cm³/mol. The lowest BCUT2D eigenvalue weighted by molar-refractivity contribution is 0.0810. The summed E-state index contributed by atoms with van der Waals surface area (Å²) in [6.07, 6.45) is 7.25. The first-order chi connectivity index (χ1) is 9.79. The first-order valence-corrected chi connectivity index (χ1v) is 7.11. The fourth-order valence-corrected chi connectivity index (χ4v) is 3.09. The number of hydrogen-bond donors (Lipinski definition) is 1. The Morgan fingerprint density at radius 1 is 1.35 bits per heavy atom. The molecule has 20 heavy (non-hydrogen) atoms. The summed E-state index contributed by atoms with van der Waals surface area (Å²) in [6.45, 7) is 0.802. The number of rotatable bonds is 4. The van der Waals surface area contributed by atoms with Crippen LogP contribution < -0.4 is 0 Å². The smallest absolute Gasteiger partial charge is 0.185 e. The first-order valence-electron chi connectivity index (χ1n) is 7.11. The lowest BCUT2D eigenvalue weighted by atomic mass is 9.79. The molecule has 0 aliphatic heterocycles. The van der Waals surface area contributed by atoms with Crippen molar-refractivity contribution in [3.05, 3.63) is 24.3 Å². The zero-order valence-electron chi connectivity index (χ0n) is 11.6. The van der Waals surface area contributed by atoms with Crippen molar-refractivity contribution in [2.75, 3.05) is 13.7 Å². The van der Waals surface area contributed by atoms with E-state index in [-0.39, 0.29) is 11.7 Å². The Kier molecular flexibility index (Phi) is 3.78. The zero-order valence-corrected chi connectivity index (χ0v) is 11.6. The quantitative estimate of drug-likeness (QED) is 0.869. The molecule has 2 aromatic heterocycles. The maximum absolute atomic E-state index is 12.6. The molecule has 0 spiro atoms. The molecule has 1 aliphatic rings. The second kappa shape index (κ2) is 5.71. The minimum atomic E-state index is 0.0936.